The van der Waals surface area contributed by atoms with E-state index < -0.39 is 0 Å². The van der Waals surface area contributed by atoms with Crippen molar-refractivity contribution in [3.05, 3.63) is 0 Å². The zero-order valence-electron chi connectivity index (χ0n) is 3.32. The summed E-state index contributed by atoms with van der Waals surface area (Å²) in [6.45, 7) is 0. The van der Waals surface area contributed by atoms with Crippen molar-refractivity contribution >= 4 is 23.2 Å². The molecule has 0 unspecified atom stereocenters. The molecule has 0 aliphatic heterocycles. The molecule has 1 aliphatic carbocycles. The summed E-state index contributed by atoms with van der Waals surface area (Å²) < 4.78 is 0. The Bertz CT molecular complexity index is 45.5. The first kappa shape index (κ1) is 4.73. The standard InChI is InChI=1S/C4H6Cl2/c5-3-1-2-4(3)6/h3-4H,1-2H2/t3-,4+. The predicted octanol–water partition coefficient (Wildman–Crippen LogP) is 2.00. The molecule has 0 spiro atoms. The highest BCUT2D eigenvalue weighted by atomic mass is 35.5. The Kier molecular flexibility index (Phi) is 1.25. The molecule has 0 heterocycles. The van der Waals surface area contributed by atoms with Crippen molar-refractivity contribution in [2.75, 3.05) is 0 Å². The summed E-state index contributed by atoms with van der Waals surface area (Å²) in [7, 11) is 0. The molecule has 1 saturated carbocycles. The molecule has 1 fully saturated rings. The van der Waals surface area contributed by atoms with Gasteiger partial charge in [0.15, 0.2) is 0 Å². The lowest BCUT2D eigenvalue weighted by atomic mass is 9.99. The molecule has 0 aromatic heterocycles. The lowest BCUT2D eigenvalue weighted by molar-refractivity contribution is 0.524. The van der Waals surface area contributed by atoms with E-state index in [-0.39, 0.29) is 10.8 Å². The molecule has 6 heavy (non-hydrogen) atoms. The molecular formula is C4H6Cl2. The molecule has 1 rings (SSSR count). The summed E-state index contributed by atoms with van der Waals surface area (Å²) in [5.74, 6) is 0. The highest BCUT2D eigenvalue weighted by Crippen LogP contribution is 2.29. The van der Waals surface area contributed by atoms with Crippen molar-refractivity contribution in [1.82, 2.24) is 0 Å². The average Bonchev–Trinajstić information content (AvgIpc) is 1.61. The highest BCUT2D eigenvalue weighted by Gasteiger charge is 2.25. The Morgan fingerprint density at radius 2 is 1.33 bits per heavy atom. The van der Waals surface area contributed by atoms with Gasteiger partial charge in [0.2, 0.25) is 0 Å². The molecule has 0 aromatic rings. The second kappa shape index (κ2) is 1.59. The zero-order valence-corrected chi connectivity index (χ0v) is 4.84. The van der Waals surface area contributed by atoms with Crippen molar-refractivity contribution in [2.45, 2.75) is 23.6 Å². The summed E-state index contributed by atoms with van der Waals surface area (Å²) in [4.78, 5) is 0. The van der Waals surface area contributed by atoms with Gasteiger partial charge in [-0.1, -0.05) is 0 Å². The maximum atomic E-state index is 5.57. The molecular weight excluding hydrogens is 119 g/mol. The molecule has 0 aromatic carbocycles. The van der Waals surface area contributed by atoms with Gasteiger partial charge in [-0.05, 0) is 12.8 Å². The number of alkyl halides is 2. The molecule has 0 amide bonds. The smallest absolute Gasteiger partial charge is 0.0500 e. The molecule has 0 saturated heterocycles. The quantitative estimate of drug-likeness (QED) is 0.434. The fourth-order valence-corrected chi connectivity index (χ4v) is 0.923. The van der Waals surface area contributed by atoms with Crippen LogP contribution >= 0.6 is 23.2 Å². The van der Waals surface area contributed by atoms with E-state index >= 15 is 0 Å². The van der Waals surface area contributed by atoms with Gasteiger partial charge >= 0.3 is 0 Å². The lowest BCUT2D eigenvalue weighted by Crippen LogP contribution is -2.26. The van der Waals surface area contributed by atoms with Gasteiger partial charge < -0.3 is 0 Å². The largest absolute Gasteiger partial charge is 0.121 e. The van der Waals surface area contributed by atoms with Crippen LogP contribution in [0.5, 0.6) is 0 Å². The van der Waals surface area contributed by atoms with E-state index in [1.807, 2.05) is 0 Å². The van der Waals surface area contributed by atoms with Gasteiger partial charge in [-0.2, -0.15) is 0 Å². The minimum Gasteiger partial charge on any atom is -0.121 e. The molecule has 2 atom stereocenters. The van der Waals surface area contributed by atoms with E-state index in [0.717, 1.165) is 12.8 Å². The van der Waals surface area contributed by atoms with Gasteiger partial charge in [0.1, 0.15) is 0 Å². The van der Waals surface area contributed by atoms with Crippen LogP contribution in [0.2, 0.25) is 0 Å². The van der Waals surface area contributed by atoms with Crippen LogP contribution in [0, 0.1) is 0 Å². The fourth-order valence-electron chi connectivity index (χ4n) is 0.419. The minimum atomic E-state index is 0.270. The normalized spacial score (nSPS) is 45.0. The number of halogens is 2. The third kappa shape index (κ3) is 0.640. The van der Waals surface area contributed by atoms with Crippen molar-refractivity contribution < 1.29 is 0 Å². The van der Waals surface area contributed by atoms with E-state index in [2.05, 4.69) is 0 Å². The molecule has 0 bridgehead atoms. The first-order valence-electron chi connectivity index (χ1n) is 2.09. The molecule has 0 nitrogen and oxygen atoms in total. The Morgan fingerprint density at radius 1 is 1.00 bits per heavy atom. The third-order valence-corrected chi connectivity index (χ3v) is 2.28. The van der Waals surface area contributed by atoms with Crippen LogP contribution in [0.3, 0.4) is 0 Å². The SMILES string of the molecule is Cl[C@@H]1CC[C@@H]1Cl. The van der Waals surface area contributed by atoms with Crippen molar-refractivity contribution in [1.29, 1.82) is 0 Å². The number of hydrogen-bond donors (Lipinski definition) is 0. The number of hydrogen-bond acceptors (Lipinski definition) is 0. The van der Waals surface area contributed by atoms with E-state index in [9.17, 15) is 0 Å². The average molecular weight is 125 g/mol. The Balaban J connectivity index is 2.20. The molecule has 1 aliphatic rings. The van der Waals surface area contributed by atoms with Crippen LogP contribution in [0.4, 0.5) is 0 Å². The molecule has 0 radical (unpaired) electrons. The van der Waals surface area contributed by atoms with Crippen LogP contribution in [0.25, 0.3) is 0 Å². The van der Waals surface area contributed by atoms with Crippen molar-refractivity contribution in [3.63, 3.8) is 0 Å². The second-order valence-electron chi connectivity index (χ2n) is 1.61. The van der Waals surface area contributed by atoms with Crippen LogP contribution in [0.15, 0.2) is 0 Å². The van der Waals surface area contributed by atoms with Gasteiger partial charge in [0.05, 0.1) is 0 Å². The first-order valence-corrected chi connectivity index (χ1v) is 2.96. The molecule has 2 heteroatoms. The summed E-state index contributed by atoms with van der Waals surface area (Å²) in [5.41, 5.74) is 0. The zero-order chi connectivity index (χ0) is 4.57. The van der Waals surface area contributed by atoms with Crippen LogP contribution in [-0.4, -0.2) is 10.8 Å². The minimum absolute atomic E-state index is 0.270. The highest BCUT2D eigenvalue weighted by molar-refractivity contribution is 6.31. The topological polar surface area (TPSA) is 0 Å². The van der Waals surface area contributed by atoms with E-state index in [4.69, 9.17) is 23.2 Å². The lowest BCUT2D eigenvalue weighted by Gasteiger charge is -2.24. The Morgan fingerprint density at radius 3 is 1.33 bits per heavy atom. The summed E-state index contributed by atoms with van der Waals surface area (Å²) in [5, 5.41) is 0.540. The Labute approximate surface area is 47.4 Å². The van der Waals surface area contributed by atoms with E-state index in [1.165, 1.54) is 0 Å². The predicted molar refractivity (Wildman–Crippen MR) is 28.5 cm³/mol. The van der Waals surface area contributed by atoms with Crippen LogP contribution in [-0.2, 0) is 0 Å². The van der Waals surface area contributed by atoms with Crippen molar-refractivity contribution in [3.8, 4) is 0 Å². The van der Waals surface area contributed by atoms with Gasteiger partial charge in [0, 0.05) is 10.8 Å². The van der Waals surface area contributed by atoms with Crippen LogP contribution < -0.4 is 0 Å². The summed E-state index contributed by atoms with van der Waals surface area (Å²) >= 11 is 11.1. The fraction of sp³-hybridized carbons (Fsp3) is 1.00. The molecule has 0 N–H and O–H groups in total. The summed E-state index contributed by atoms with van der Waals surface area (Å²) in [6, 6.07) is 0. The van der Waals surface area contributed by atoms with Gasteiger partial charge in [-0.25, -0.2) is 0 Å². The van der Waals surface area contributed by atoms with Crippen molar-refractivity contribution in [2.24, 2.45) is 0 Å². The maximum absolute atomic E-state index is 5.57. The van der Waals surface area contributed by atoms with Gasteiger partial charge in [-0.3, -0.25) is 0 Å². The second-order valence-corrected chi connectivity index (χ2v) is 2.73. The summed E-state index contributed by atoms with van der Waals surface area (Å²) in [6.07, 6.45) is 2.21. The van der Waals surface area contributed by atoms with E-state index in [0.29, 0.717) is 0 Å². The van der Waals surface area contributed by atoms with Gasteiger partial charge in [0.25, 0.3) is 0 Å². The monoisotopic (exact) mass is 124 g/mol. The maximum Gasteiger partial charge on any atom is 0.0500 e. The Hall–Kier alpha value is 0.580. The molecule has 36 valence electrons. The van der Waals surface area contributed by atoms with Gasteiger partial charge in [-0.15, -0.1) is 23.2 Å². The van der Waals surface area contributed by atoms with Crippen LogP contribution in [0.1, 0.15) is 12.8 Å². The number of rotatable bonds is 0. The first-order chi connectivity index (χ1) is 2.80. The third-order valence-electron chi connectivity index (χ3n) is 1.11. The van der Waals surface area contributed by atoms with E-state index in [1.54, 1.807) is 0 Å².